The average molecular weight is 364 g/mol. The molecule has 5 nitrogen and oxygen atoms in total. The number of ether oxygens (including phenoxy) is 2. The number of carbonyl (C=O) groups excluding carboxylic acids is 2. The lowest BCUT2D eigenvalue weighted by Gasteiger charge is -2.12. The summed E-state index contributed by atoms with van der Waals surface area (Å²) < 4.78 is 11.2. The SMILES string of the molecule is COc1cc(C=O)c(Br)cc1OCC(=O)Nc1ccccc1. The van der Waals surface area contributed by atoms with Crippen molar-refractivity contribution in [2.45, 2.75) is 0 Å². The summed E-state index contributed by atoms with van der Waals surface area (Å²) in [6, 6.07) is 12.2. The second-order valence-corrected chi connectivity index (χ2v) is 5.20. The predicted octanol–water partition coefficient (Wildman–Crippen LogP) is 3.29. The highest BCUT2D eigenvalue weighted by Gasteiger charge is 2.11. The minimum atomic E-state index is -0.288. The molecule has 1 N–H and O–H groups in total. The van der Waals surface area contributed by atoms with Gasteiger partial charge in [-0.15, -0.1) is 0 Å². The van der Waals surface area contributed by atoms with Crippen molar-refractivity contribution in [3.8, 4) is 11.5 Å². The first-order chi connectivity index (χ1) is 10.6. The molecule has 2 aromatic rings. The van der Waals surface area contributed by atoms with Gasteiger partial charge in [0, 0.05) is 15.7 Å². The molecule has 1 amide bonds. The van der Waals surface area contributed by atoms with Gasteiger partial charge in [0.25, 0.3) is 5.91 Å². The molecule has 0 spiro atoms. The molecule has 2 rings (SSSR count). The van der Waals surface area contributed by atoms with Crippen molar-refractivity contribution in [2.75, 3.05) is 19.0 Å². The van der Waals surface area contributed by atoms with Crippen LogP contribution in [0.1, 0.15) is 10.4 Å². The van der Waals surface area contributed by atoms with E-state index in [1.165, 1.54) is 7.11 Å². The molecule has 2 aromatic carbocycles. The minimum Gasteiger partial charge on any atom is -0.493 e. The van der Waals surface area contributed by atoms with Crippen LogP contribution in [0.25, 0.3) is 0 Å². The summed E-state index contributed by atoms with van der Waals surface area (Å²) in [5, 5.41) is 2.71. The van der Waals surface area contributed by atoms with E-state index in [4.69, 9.17) is 9.47 Å². The molecule has 0 aliphatic rings. The van der Waals surface area contributed by atoms with Gasteiger partial charge >= 0.3 is 0 Å². The average Bonchev–Trinajstić information content (AvgIpc) is 2.54. The standard InChI is InChI=1S/C16H14BrNO4/c1-21-14-7-11(9-19)13(17)8-15(14)22-10-16(20)18-12-5-3-2-4-6-12/h2-9H,10H2,1H3,(H,18,20). The van der Waals surface area contributed by atoms with Gasteiger partial charge in [-0.1, -0.05) is 18.2 Å². The Balaban J connectivity index is 2.03. The van der Waals surface area contributed by atoms with Gasteiger partial charge in [-0.25, -0.2) is 0 Å². The third-order valence-corrected chi connectivity index (χ3v) is 3.51. The number of carbonyl (C=O) groups is 2. The van der Waals surface area contributed by atoms with Crippen LogP contribution in [0.15, 0.2) is 46.9 Å². The normalized spacial score (nSPS) is 9.91. The fourth-order valence-electron chi connectivity index (χ4n) is 1.78. The Morgan fingerprint density at radius 1 is 1.23 bits per heavy atom. The molecule has 0 unspecified atom stereocenters. The van der Waals surface area contributed by atoms with Crippen molar-refractivity contribution in [3.63, 3.8) is 0 Å². The van der Waals surface area contributed by atoms with Gasteiger partial charge in [0.15, 0.2) is 24.4 Å². The smallest absolute Gasteiger partial charge is 0.262 e. The molecule has 0 aliphatic carbocycles. The van der Waals surface area contributed by atoms with E-state index < -0.39 is 0 Å². The topological polar surface area (TPSA) is 64.6 Å². The fraction of sp³-hybridized carbons (Fsp3) is 0.125. The van der Waals surface area contributed by atoms with Crippen LogP contribution in [0.5, 0.6) is 11.5 Å². The lowest BCUT2D eigenvalue weighted by molar-refractivity contribution is -0.118. The molecular formula is C16H14BrNO4. The van der Waals surface area contributed by atoms with E-state index in [0.717, 1.165) is 0 Å². The van der Waals surface area contributed by atoms with Crippen molar-refractivity contribution in [1.82, 2.24) is 0 Å². The first kappa shape index (κ1) is 16.0. The van der Waals surface area contributed by atoms with E-state index in [-0.39, 0.29) is 12.5 Å². The van der Waals surface area contributed by atoms with Crippen molar-refractivity contribution >= 4 is 33.8 Å². The highest BCUT2D eigenvalue weighted by Crippen LogP contribution is 2.32. The lowest BCUT2D eigenvalue weighted by Crippen LogP contribution is -2.20. The maximum atomic E-state index is 11.8. The zero-order chi connectivity index (χ0) is 15.9. The molecule has 0 fully saturated rings. The molecule has 0 heterocycles. The Bertz CT molecular complexity index is 673. The van der Waals surface area contributed by atoms with Crippen LogP contribution < -0.4 is 14.8 Å². The van der Waals surface area contributed by atoms with Gasteiger partial charge in [-0.3, -0.25) is 9.59 Å². The number of amides is 1. The zero-order valence-corrected chi connectivity index (χ0v) is 13.4. The molecule has 0 bridgehead atoms. The monoisotopic (exact) mass is 363 g/mol. The second-order valence-electron chi connectivity index (χ2n) is 4.35. The van der Waals surface area contributed by atoms with E-state index in [0.29, 0.717) is 33.5 Å². The first-order valence-corrected chi connectivity index (χ1v) is 7.23. The van der Waals surface area contributed by atoms with Crippen LogP contribution in [0.3, 0.4) is 0 Å². The third-order valence-electron chi connectivity index (χ3n) is 2.83. The summed E-state index contributed by atoms with van der Waals surface area (Å²) in [5.41, 5.74) is 1.14. The number of hydrogen-bond acceptors (Lipinski definition) is 4. The molecule has 0 atom stereocenters. The first-order valence-electron chi connectivity index (χ1n) is 6.44. The van der Waals surface area contributed by atoms with Gasteiger partial charge in [0.05, 0.1) is 7.11 Å². The summed E-state index contributed by atoms with van der Waals surface area (Å²) in [6.07, 6.45) is 0.707. The highest BCUT2D eigenvalue weighted by molar-refractivity contribution is 9.10. The maximum Gasteiger partial charge on any atom is 0.262 e. The highest BCUT2D eigenvalue weighted by atomic mass is 79.9. The quantitative estimate of drug-likeness (QED) is 0.799. The lowest BCUT2D eigenvalue weighted by atomic mass is 10.2. The van der Waals surface area contributed by atoms with Crippen molar-refractivity contribution in [1.29, 1.82) is 0 Å². The summed E-state index contributed by atoms with van der Waals surface area (Å²) in [5.74, 6) is 0.477. The van der Waals surface area contributed by atoms with E-state index >= 15 is 0 Å². The summed E-state index contributed by atoms with van der Waals surface area (Å²) in [4.78, 5) is 22.7. The number of benzene rings is 2. The third kappa shape index (κ3) is 4.08. The number of hydrogen-bond donors (Lipinski definition) is 1. The number of anilines is 1. The number of aldehydes is 1. The molecule has 0 aromatic heterocycles. The van der Waals surface area contributed by atoms with Gasteiger partial charge in [0.1, 0.15) is 0 Å². The van der Waals surface area contributed by atoms with Crippen LogP contribution in [-0.4, -0.2) is 25.9 Å². The van der Waals surface area contributed by atoms with Crippen molar-refractivity contribution in [2.24, 2.45) is 0 Å². The Labute approximate surface area is 136 Å². The molecule has 0 saturated heterocycles. The fourth-order valence-corrected chi connectivity index (χ4v) is 2.19. The molecule has 22 heavy (non-hydrogen) atoms. The van der Waals surface area contributed by atoms with Gasteiger partial charge in [0.2, 0.25) is 0 Å². The van der Waals surface area contributed by atoms with Gasteiger partial charge in [-0.2, -0.15) is 0 Å². The van der Waals surface area contributed by atoms with Gasteiger partial charge < -0.3 is 14.8 Å². The summed E-state index contributed by atoms with van der Waals surface area (Å²) in [6.45, 7) is -0.169. The van der Waals surface area contributed by atoms with E-state index in [9.17, 15) is 9.59 Å². The Kier molecular flexibility index (Phi) is 5.55. The van der Waals surface area contributed by atoms with Crippen LogP contribution in [0, 0.1) is 0 Å². The van der Waals surface area contributed by atoms with Crippen LogP contribution in [0.2, 0.25) is 0 Å². The second kappa shape index (κ2) is 7.61. The zero-order valence-electron chi connectivity index (χ0n) is 11.8. The van der Waals surface area contributed by atoms with Crippen molar-refractivity contribution in [3.05, 3.63) is 52.5 Å². The largest absolute Gasteiger partial charge is 0.493 e. The number of nitrogens with one attached hydrogen (secondary N) is 1. The predicted molar refractivity (Wildman–Crippen MR) is 86.6 cm³/mol. The molecule has 0 aliphatic heterocycles. The molecule has 0 radical (unpaired) electrons. The molecule has 114 valence electrons. The number of halogens is 1. The summed E-state index contributed by atoms with van der Waals surface area (Å²) >= 11 is 3.26. The van der Waals surface area contributed by atoms with Gasteiger partial charge in [-0.05, 0) is 40.2 Å². The minimum absolute atomic E-state index is 0.169. The number of para-hydroxylation sites is 1. The van der Waals surface area contributed by atoms with Crippen molar-refractivity contribution < 1.29 is 19.1 Å². The van der Waals surface area contributed by atoms with E-state index in [1.807, 2.05) is 18.2 Å². The number of methoxy groups -OCH3 is 1. The molecule has 6 heteroatoms. The van der Waals surface area contributed by atoms with Crippen LogP contribution >= 0.6 is 15.9 Å². The van der Waals surface area contributed by atoms with E-state index in [1.54, 1.807) is 24.3 Å². The maximum absolute atomic E-state index is 11.8. The summed E-state index contributed by atoms with van der Waals surface area (Å²) in [7, 11) is 1.47. The molecule has 0 saturated carbocycles. The Morgan fingerprint density at radius 3 is 2.59 bits per heavy atom. The Hall–Kier alpha value is -2.34. The molecular weight excluding hydrogens is 350 g/mol. The van der Waals surface area contributed by atoms with E-state index in [2.05, 4.69) is 21.2 Å². The number of rotatable bonds is 6. The van der Waals surface area contributed by atoms with Crippen LogP contribution in [-0.2, 0) is 4.79 Å². The Morgan fingerprint density at radius 2 is 1.95 bits per heavy atom. The van der Waals surface area contributed by atoms with Crippen LogP contribution in [0.4, 0.5) is 5.69 Å².